The van der Waals surface area contributed by atoms with Crippen molar-refractivity contribution in [2.24, 2.45) is 5.16 Å². The van der Waals surface area contributed by atoms with Crippen molar-refractivity contribution < 1.29 is 24.8 Å². The van der Waals surface area contributed by atoms with Gasteiger partial charge in [-0.3, -0.25) is 19.7 Å². The Kier molecular flexibility index (Phi) is 5.99. The zero-order chi connectivity index (χ0) is 19.1. The maximum atomic E-state index is 12.2. The highest BCUT2D eigenvalue weighted by Gasteiger charge is 2.12. The molecule has 0 aliphatic carbocycles. The van der Waals surface area contributed by atoms with Gasteiger partial charge in [0.15, 0.2) is 0 Å². The van der Waals surface area contributed by atoms with Crippen LogP contribution in [0.15, 0.2) is 53.7 Å². The molecule has 3 N–H and O–H groups in total. The first-order valence-corrected chi connectivity index (χ1v) is 7.49. The highest BCUT2D eigenvalue weighted by atomic mass is 16.6. The van der Waals surface area contributed by atoms with Gasteiger partial charge in [-0.1, -0.05) is 23.4 Å². The minimum absolute atomic E-state index is 0.0607. The molecule has 0 spiro atoms. The maximum Gasteiger partial charge on any atom is 0.303 e. The fraction of sp³-hybridized carbons (Fsp3) is 0.118. The van der Waals surface area contributed by atoms with Crippen molar-refractivity contribution >= 4 is 29.0 Å². The van der Waals surface area contributed by atoms with Gasteiger partial charge in [-0.05, 0) is 23.8 Å². The number of oxime groups is 1. The molecule has 0 aliphatic rings. The van der Waals surface area contributed by atoms with Gasteiger partial charge in [0, 0.05) is 29.8 Å². The van der Waals surface area contributed by atoms with Crippen molar-refractivity contribution in [3.63, 3.8) is 0 Å². The number of hydrogen-bond acceptors (Lipinski definition) is 6. The molecule has 9 heteroatoms. The second kappa shape index (κ2) is 8.38. The smallest absolute Gasteiger partial charge is 0.303 e. The lowest BCUT2D eigenvalue weighted by Gasteiger charge is -2.07. The Morgan fingerprint density at radius 3 is 2.35 bits per heavy atom. The normalized spacial score (nSPS) is 11.0. The lowest BCUT2D eigenvalue weighted by atomic mass is 10.1. The summed E-state index contributed by atoms with van der Waals surface area (Å²) in [6.07, 6.45) is -0.115. The van der Waals surface area contributed by atoms with Crippen molar-refractivity contribution in [2.75, 3.05) is 5.32 Å². The molecule has 0 saturated carbocycles. The summed E-state index contributed by atoms with van der Waals surface area (Å²) >= 11 is 0. The van der Waals surface area contributed by atoms with Crippen LogP contribution >= 0.6 is 0 Å². The highest BCUT2D eigenvalue weighted by molar-refractivity contribution is 6.05. The van der Waals surface area contributed by atoms with Crippen LogP contribution in [0.5, 0.6) is 0 Å². The number of non-ortho nitro benzene ring substituents is 1. The van der Waals surface area contributed by atoms with Crippen LogP contribution in [0.2, 0.25) is 0 Å². The van der Waals surface area contributed by atoms with Gasteiger partial charge in [-0.2, -0.15) is 0 Å². The Bertz CT molecular complexity index is 861. The second-order valence-corrected chi connectivity index (χ2v) is 5.28. The molecule has 2 aromatic carbocycles. The molecule has 0 aromatic heterocycles. The van der Waals surface area contributed by atoms with Gasteiger partial charge >= 0.3 is 5.97 Å². The molecule has 0 fully saturated rings. The number of nitrogens with zero attached hydrogens (tertiary/aromatic N) is 2. The van der Waals surface area contributed by atoms with E-state index < -0.39 is 16.8 Å². The Balaban J connectivity index is 2.09. The molecule has 0 bridgehead atoms. The van der Waals surface area contributed by atoms with Crippen molar-refractivity contribution in [2.45, 2.75) is 12.8 Å². The third-order valence-corrected chi connectivity index (χ3v) is 3.49. The molecule has 0 atom stereocenters. The Morgan fingerprint density at radius 2 is 1.77 bits per heavy atom. The van der Waals surface area contributed by atoms with Gasteiger partial charge in [0.25, 0.3) is 11.6 Å². The van der Waals surface area contributed by atoms with Gasteiger partial charge in [0.1, 0.15) is 0 Å². The first-order chi connectivity index (χ1) is 12.4. The van der Waals surface area contributed by atoms with E-state index in [0.29, 0.717) is 11.3 Å². The number of anilines is 1. The number of carboxylic acid groups (broad SMARTS) is 1. The summed E-state index contributed by atoms with van der Waals surface area (Å²) < 4.78 is 0. The van der Waals surface area contributed by atoms with Crippen molar-refractivity contribution in [3.05, 3.63) is 69.8 Å². The molecule has 9 nitrogen and oxygen atoms in total. The Labute approximate surface area is 147 Å². The molecule has 26 heavy (non-hydrogen) atoms. The SMILES string of the molecule is O=C(O)CCC(=NO)c1ccc(NC(=O)c2cccc([N+](=O)[O-])c2)cc1. The van der Waals surface area contributed by atoms with Gasteiger partial charge in [-0.15, -0.1) is 0 Å². The summed E-state index contributed by atoms with van der Waals surface area (Å²) in [6, 6.07) is 11.6. The largest absolute Gasteiger partial charge is 0.481 e. The van der Waals surface area contributed by atoms with Crippen molar-refractivity contribution in [1.29, 1.82) is 0 Å². The second-order valence-electron chi connectivity index (χ2n) is 5.28. The Hall–Kier alpha value is -3.75. The number of carbonyl (C=O) groups is 2. The number of nitro benzene ring substituents is 1. The molecule has 2 aromatic rings. The predicted octanol–water partition coefficient (Wildman–Crippen LogP) is 2.89. The van der Waals surface area contributed by atoms with Crippen LogP contribution in [0, 0.1) is 10.1 Å². The maximum absolute atomic E-state index is 12.2. The summed E-state index contributed by atoms with van der Waals surface area (Å²) in [6.45, 7) is 0. The van der Waals surface area contributed by atoms with Crippen LogP contribution in [0.3, 0.4) is 0 Å². The van der Waals surface area contributed by atoms with E-state index in [1.54, 1.807) is 24.3 Å². The number of aliphatic carboxylic acids is 1. The summed E-state index contributed by atoms with van der Waals surface area (Å²) in [4.78, 5) is 33.0. The van der Waals surface area contributed by atoms with Gasteiger partial charge in [0.2, 0.25) is 0 Å². The van der Waals surface area contributed by atoms with E-state index in [1.165, 1.54) is 24.3 Å². The fourth-order valence-corrected chi connectivity index (χ4v) is 2.19. The molecule has 0 aliphatic heterocycles. The highest BCUT2D eigenvalue weighted by Crippen LogP contribution is 2.16. The van der Waals surface area contributed by atoms with Crippen LogP contribution in [-0.4, -0.2) is 32.8 Å². The molecule has 0 heterocycles. The summed E-state index contributed by atoms with van der Waals surface area (Å²) in [7, 11) is 0. The summed E-state index contributed by atoms with van der Waals surface area (Å²) in [5.41, 5.74) is 1.12. The molecular weight excluding hydrogens is 342 g/mol. The molecule has 0 radical (unpaired) electrons. The number of nitro groups is 1. The number of rotatable bonds is 7. The average molecular weight is 357 g/mol. The average Bonchev–Trinajstić information content (AvgIpc) is 2.63. The molecule has 0 saturated heterocycles. The van der Waals surface area contributed by atoms with Gasteiger partial charge in [-0.25, -0.2) is 0 Å². The van der Waals surface area contributed by atoms with Gasteiger partial charge in [0.05, 0.1) is 17.1 Å². The number of carbonyl (C=O) groups excluding carboxylic acids is 1. The molecule has 134 valence electrons. The van der Waals surface area contributed by atoms with E-state index in [9.17, 15) is 19.7 Å². The van der Waals surface area contributed by atoms with Crippen LogP contribution < -0.4 is 5.32 Å². The lowest BCUT2D eigenvalue weighted by molar-refractivity contribution is -0.384. The number of hydrogen-bond donors (Lipinski definition) is 3. The number of benzene rings is 2. The number of amides is 1. The van der Waals surface area contributed by atoms with Crippen molar-refractivity contribution in [1.82, 2.24) is 0 Å². The van der Waals surface area contributed by atoms with E-state index in [0.717, 1.165) is 0 Å². The van der Waals surface area contributed by atoms with E-state index in [2.05, 4.69) is 10.5 Å². The monoisotopic (exact) mass is 357 g/mol. The number of carboxylic acids is 1. The predicted molar refractivity (Wildman–Crippen MR) is 92.7 cm³/mol. The van der Waals surface area contributed by atoms with Crippen LogP contribution in [0.4, 0.5) is 11.4 Å². The minimum Gasteiger partial charge on any atom is -0.481 e. The Morgan fingerprint density at radius 1 is 1.08 bits per heavy atom. The van der Waals surface area contributed by atoms with E-state index in [4.69, 9.17) is 10.3 Å². The molecule has 1 amide bonds. The van der Waals surface area contributed by atoms with Crippen LogP contribution in [-0.2, 0) is 4.79 Å². The third kappa shape index (κ3) is 4.87. The first kappa shape index (κ1) is 18.6. The molecule has 0 unspecified atom stereocenters. The topological polar surface area (TPSA) is 142 Å². The lowest BCUT2D eigenvalue weighted by Crippen LogP contribution is -2.12. The molecular formula is C17H15N3O6. The van der Waals surface area contributed by atoms with Gasteiger partial charge < -0.3 is 15.6 Å². The zero-order valence-electron chi connectivity index (χ0n) is 13.5. The standard InChI is InChI=1S/C17H15N3O6/c21-16(22)9-8-15(19-24)11-4-6-13(7-5-11)18-17(23)12-2-1-3-14(10-12)20(25)26/h1-7,10,24H,8-9H2,(H,18,23)(H,21,22). The third-order valence-electron chi connectivity index (χ3n) is 3.49. The van der Waals surface area contributed by atoms with E-state index >= 15 is 0 Å². The quantitative estimate of drug-likeness (QED) is 0.301. The summed E-state index contributed by atoms with van der Waals surface area (Å²) in [5.74, 6) is -1.52. The van der Waals surface area contributed by atoms with Crippen molar-refractivity contribution in [3.8, 4) is 0 Å². The van der Waals surface area contributed by atoms with E-state index in [-0.39, 0.29) is 29.8 Å². The van der Waals surface area contributed by atoms with Crippen LogP contribution in [0.25, 0.3) is 0 Å². The number of nitrogens with one attached hydrogen (secondary N) is 1. The zero-order valence-corrected chi connectivity index (χ0v) is 13.5. The fourth-order valence-electron chi connectivity index (χ4n) is 2.19. The minimum atomic E-state index is -1.01. The molecule has 2 rings (SSSR count). The van der Waals surface area contributed by atoms with Crippen LogP contribution in [0.1, 0.15) is 28.8 Å². The first-order valence-electron chi connectivity index (χ1n) is 7.49. The van der Waals surface area contributed by atoms with E-state index in [1.807, 2.05) is 0 Å². The summed E-state index contributed by atoms with van der Waals surface area (Å²) in [5, 5.41) is 34.1.